The van der Waals surface area contributed by atoms with Gasteiger partial charge in [0.05, 0.1) is 0 Å². The predicted molar refractivity (Wildman–Crippen MR) is 105 cm³/mol. The molecule has 0 spiro atoms. The van der Waals surface area contributed by atoms with Gasteiger partial charge in [-0.3, -0.25) is 0 Å². The zero-order chi connectivity index (χ0) is 16.6. The topological polar surface area (TPSA) is 0 Å². The average molecular weight is 317 g/mol. The Morgan fingerprint density at radius 3 is 1.24 bits per heavy atom. The quantitative estimate of drug-likeness (QED) is 0.344. The minimum atomic E-state index is 1.27. The Morgan fingerprint density at radius 1 is 0.360 bits per heavy atom. The third-order valence-corrected chi connectivity index (χ3v) is 4.92. The molecule has 1 radical (unpaired) electrons. The van der Waals surface area contributed by atoms with Crippen LogP contribution in [0.1, 0.15) is 11.1 Å². The fraction of sp³-hybridized carbons (Fsp3) is 0. The van der Waals surface area contributed by atoms with E-state index in [2.05, 4.69) is 103 Å². The van der Waals surface area contributed by atoms with Crippen LogP contribution in [0.15, 0.2) is 97.1 Å². The summed E-state index contributed by atoms with van der Waals surface area (Å²) in [6.07, 6.45) is 2.31. The van der Waals surface area contributed by atoms with Crippen LogP contribution < -0.4 is 0 Å². The van der Waals surface area contributed by atoms with Crippen LogP contribution in [0.3, 0.4) is 0 Å². The molecule has 0 saturated carbocycles. The molecule has 0 aromatic heterocycles. The van der Waals surface area contributed by atoms with Crippen LogP contribution in [-0.2, 0) is 0 Å². The van der Waals surface area contributed by atoms with Crippen LogP contribution in [0.4, 0.5) is 0 Å². The van der Waals surface area contributed by atoms with Crippen molar-refractivity contribution in [1.82, 2.24) is 0 Å². The van der Waals surface area contributed by atoms with Gasteiger partial charge in [-0.1, -0.05) is 97.1 Å². The summed E-state index contributed by atoms with van der Waals surface area (Å²) in [5.74, 6) is 0. The van der Waals surface area contributed by atoms with Gasteiger partial charge < -0.3 is 0 Å². The van der Waals surface area contributed by atoms with Crippen LogP contribution in [-0.4, -0.2) is 0 Å². The summed E-state index contributed by atoms with van der Waals surface area (Å²) < 4.78 is 0. The molecule has 25 heavy (non-hydrogen) atoms. The van der Waals surface area contributed by atoms with Gasteiger partial charge in [-0.05, 0) is 44.5 Å². The van der Waals surface area contributed by atoms with E-state index < -0.39 is 0 Å². The molecule has 5 rings (SSSR count). The summed E-state index contributed by atoms with van der Waals surface area (Å²) in [4.78, 5) is 0. The van der Waals surface area contributed by atoms with Gasteiger partial charge in [0.25, 0.3) is 0 Å². The van der Waals surface area contributed by atoms with Crippen molar-refractivity contribution >= 4 is 0 Å². The van der Waals surface area contributed by atoms with E-state index in [-0.39, 0.29) is 0 Å². The van der Waals surface area contributed by atoms with Gasteiger partial charge in [-0.25, -0.2) is 0 Å². The minimum absolute atomic E-state index is 1.27. The number of benzene rings is 4. The normalized spacial score (nSPS) is 11.8. The third-order valence-electron chi connectivity index (χ3n) is 4.92. The SMILES string of the molecule is [CH]1c2cccc(-c3ccccc3)c2-c2c1cccc2-c1ccccc1. The third kappa shape index (κ3) is 2.30. The van der Waals surface area contributed by atoms with Crippen molar-refractivity contribution in [3.05, 3.63) is 115 Å². The van der Waals surface area contributed by atoms with Crippen molar-refractivity contribution in [2.75, 3.05) is 0 Å². The second kappa shape index (κ2) is 5.75. The molecule has 1 aliphatic carbocycles. The summed E-state index contributed by atoms with van der Waals surface area (Å²) in [6.45, 7) is 0. The Morgan fingerprint density at radius 2 is 0.800 bits per heavy atom. The first-order valence-corrected chi connectivity index (χ1v) is 8.64. The van der Waals surface area contributed by atoms with Crippen LogP contribution in [0, 0.1) is 6.42 Å². The number of fused-ring (bicyclic) bond motifs is 3. The highest BCUT2D eigenvalue weighted by molar-refractivity contribution is 5.99. The highest BCUT2D eigenvalue weighted by Gasteiger charge is 2.25. The summed E-state index contributed by atoms with van der Waals surface area (Å²) in [5, 5.41) is 0. The van der Waals surface area contributed by atoms with Crippen molar-refractivity contribution in [2.45, 2.75) is 0 Å². The molecule has 4 aromatic rings. The lowest BCUT2D eigenvalue weighted by Gasteiger charge is -2.14. The molecule has 0 bridgehead atoms. The molecule has 117 valence electrons. The van der Waals surface area contributed by atoms with Crippen LogP contribution in [0.2, 0.25) is 0 Å². The molecule has 4 aromatic carbocycles. The van der Waals surface area contributed by atoms with Crippen LogP contribution >= 0.6 is 0 Å². The molecule has 0 amide bonds. The Hall–Kier alpha value is -3.12. The zero-order valence-corrected chi connectivity index (χ0v) is 13.8. The van der Waals surface area contributed by atoms with E-state index in [0.29, 0.717) is 0 Å². The average Bonchev–Trinajstić information content (AvgIpc) is 3.08. The van der Waals surface area contributed by atoms with Crippen molar-refractivity contribution < 1.29 is 0 Å². The molecule has 0 unspecified atom stereocenters. The maximum Gasteiger partial charge on any atom is 0.0212 e. The van der Waals surface area contributed by atoms with Crippen LogP contribution in [0.25, 0.3) is 33.4 Å². The molecule has 0 atom stereocenters. The highest BCUT2D eigenvalue weighted by Crippen LogP contribution is 2.48. The van der Waals surface area contributed by atoms with E-state index in [9.17, 15) is 0 Å². The van der Waals surface area contributed by atoms with E-state index >= 15 is 0 Å². The van der Waals surface area contributed by atoms with Gasteiger partial charge >= 0.3 is 0 Å². The van der Waals surface area contributed by atoms with Crippen LogP contribution in [0.5, 0.6) is 0 Å². The molecule has 0 heteroatoms. The fourth-order valence-electron chi connectivity index (χ4n) is 3.82. The van der Waals surface area contributed by atoms with E-state index in [1.807, 2.05) is 0 Å². The molecular weight excluding hydrogens is 300 g/mol. The summed E-state index contributed by atoms with van der Waals surface area (Å²) in [6, 6.07) is 34.6. The first kappa shape index (κ1) is 14.2. The Balaban J connectivity index is 1.81. The van der Waals surface area contributed by atoms with Gasteiger partial charge in [-0.15, -0.1) is 0 Å². The molecule has 0 nitrogen and oxygen atoms in total. The fourth-order valence-corrected chi connectivity index (χ4v) is 3.82. The van der Waals surface area contributed by atoms with Crippen molar-refractivity contribution in [1.29, 1.82) is 0 Å². The number of hydrogen-bond donors (Lipinski definition) is 0. The predicted octanol–water partition coefficient (Wildman–Crippen LogP) is 6.60. The maximum atomic E-state index is 2.31. The second-order valence-corrected chi connectivity index (χ2v) is 6.42. The van der Waals surface area contributed by atoms with Crippen molar-refractivity contribution in [3.63, 3.8) is 0 Å². The van der Waals surface area contributed by atoms with Gasteiger partial charge in [0.2, 0.25) is 0 Å². The zero-order valence-electron chi connectivity index (χ0n) is 13.8. The van der Waals surface area contributed by atoms with Gasteiger partial charge in [0, 0.05) is 6.42 Å². The number of hydrogen-bond acceptors (Lipinski definition) is 0. The van der Waals surface area contributed by atoms with E-state index in [0.717, 1.165) is 0 Å². The lowest BCUT2D eigenvalue weighted by atomic mass is 9.89. The first-order chi connectivity index (χ1) is 12.4. The second-order valence-electron chi connectivity index (χ2n) is 6.42. The van der Waals surface area contributed by atoms with E-state index in [4.69, 9.17) is 0 Å². The highest BCUT2D eigenvalue weighted by atomic mass is 14.3. The van der Waals surface area contributed by atoms with Gasteiger partial charge in [-0.2, -0.15) is 0 Å². The summed E-state index contributed by atoms with van der Waals surface area (Å²) in [5.41, 5.74) is 10.4. The first-order valence-electron chi connectivity index (χ1n) is 8.64. The number of rotatable bonds is 2. The van der Waals surface area contributed by atoms with Crippen molar-refractivity contribution in [3.8, 4) is 33.4 Å². The molecule has 1 aliphatic rings. The Bertz CT molecular complexity index is 957. The smallest absolute Gasteiger partial charge is 0.0212 e. The molecule has 0 heterocycles. The molecular formula is C25H17. The monoisotopic (exact) mass is 317 g/mol. The summed E-state index contributed by atoms with van der Waals surface area (Å²) in [7, 11) is 0. The van der Waals surface area contributed by atoms with Crippen molar-refractivity contribution in [2.24, 2.45) is 0 Å². The Kier molecular flexibility index (Phi) is 3.28. The van der Waals surface area contributed by atoms with Gasteiger partial charge in [0.15, 0.2) is 0 Å². The molecule has 0 saturated heterocycles. The standard InChI is InChI=1S/C25H17/c1-3-9-18(10-4-1)22-15-7-13-20-17-21-14-8-16-23(25(21)24(20)22)19-11-5-2-6-12-19/h1-17H. The lowest BCUT2D eigenvalue weighted by Crippen LogP contribution is -1.88. The largest absolute Gasteiger partial charge is 0.0622 e. The maximum absolute atomic E-state index is 2.31. The molecule has 0 fully saturated rings. The van der Waals surface area contributed by atoms with E-state index in [1.54, 1.807) is 0 Å². The summed E-state index contributed by atoms with van der Waals surface area (Å²) >= 11 is 0. The molecule has 0 N–H and O–H groups in total. The van der Waals surface area contributed by atoms with Gasteiger partial charge in [0.1, 0.15) is 0 Å². The lowest BCUT2D eigenvalue weighted by molar-refractivity contribution is 1.53. The molecule has 0 aliphatic heterocycles. The van der Waals surface area contributed by atoms with E-state index in [1.165, 1.54) is 44.5 Å². The Labute approximate surface area is 148 Å². The minimum Gasteiger partial charge on any atom is -0.0622 e.